The topological polar surface area (TPSA) is 54.0 Å². The van der Waals surface area contributed by atoms with Crippen molar-refractivity contribution in [3.63, 3.8) is 0 Å². The quantitative estimate of drug-likeness (QED) is 0.907. The van der Waals surface area contributed by atoms with Crippen LogP contribution in [-0.2, 0) is 6.54 Å². The second-order valence-electron chi connectivity index (χ2n) is 3.37. The van der Waals surface area contributed by atoms with Gasteiger partial charge in [0.05, 0.1) is 6.54 Å². The minimum Gasteiger partial charge on any atom is -0.333 e. The Hall–Kier alpha value is -1.47. The van der Waals surface area contributed by atoms with E-state index in [0.717, 1.165) is 9.35 Å². The van der Waals surface area contributed by atoms with E-state index in [2.05, 4.69) is 31.5 Å². The van der Waals surface area contributed by atoms with Crippen LogP contribution < -0.4 is 10.6 Å². The predicted molar refractivity (Wildman–Crippen MR) is 72.1 cm³/mol. The molecule has 2 N–H and O–H groups in total. The standard InChI is InChI=1S/C11H9BrFN3OS/c12-7-4-8(18-6-7)5-15-11(17)16-10-9(13)2-1-3-14-10/h1-4,6H,5H2,(H2,14,15,16,17). The number of rotatable bonds is 3. The summed E-state index contributed by atoms with van der Waals surface area (Å²) >= 11 is 4.85. The zero-order valence-electron chi connectivity index (χ0n) is 9.11. The van der Waals surface area contributed by atoms with E-state index in [9.17, 15) is 9.18 Å². The Labute approximate surface area is 115 Å². The van der Waals surface area contributed by atoms with E-state index >= 15 is 0 Å². The van der Waals surface area contributed by atoms with Crippen molar-refractivity contribution in [2.45, 2.75) is 6.54 Å². The van der Waals surface area contributed by atoms with Crippen LogP contribution in [0.25, 0.3) is 0 Å². The molecule has 0 fully saturated rings. The number of thiophene rings is 1. The molecule has 18 heavy (non-hydrogen) atoms. The minimum atomic E-state index is -0.563. The molecule has 2 heterocycles. The summed E-state index contributed by atoms with van der Waals surface area (Å²) in [6.45, 7) is 0.385. The molecule has 0 saturated heterocycles. The van der Waals surface area contributed by atoms with Crippen LogP contribution in [-0.4, -0.2) is 11.0 Å². The van der Waals surface area contributed by atoms with Gasteiger partial charge in [-0.3, -0.25) is 5.32 Å². The molecule has 7 heteroatoms. The van der Waals surface area contributed by atoms with Crippen molar-refractivity contribution in [3.05, 3.63) is 44.9 Å². The SMILES string of the molecule is O=C(NCc1cc(Br)cs1)Nc1ncccc1F. The van der Waals surface area contributed by atoms with E-state index in [1.54, 1.807) is 0 Å². The smallest absolute Gasteiger partial charge is 0.320 e. The van der Waals surface area contributed by atoms with Gasteiger partial charge in [-0.25, -0.2) is 14.2 Å². The fourth-order valence-electron chi connectivity index (χ4n) is 1.24. The number of nitrogens with zero attached hydrogens (tertiary/aromatic N) is 1. The number of halogens is 2. The highest BCUT2D eigenvalue weighted by Gasteiger charge is 2.07. The minimum absolute atomic E-state index is 0.0811. The monoisotopic (exact) mass is 329 g/mol. The number of carbonyl (C=O) groups is 1. The molecule has 0 radical (unpaired) electrons. The lowest BCUT2D eigenvalue weighted by Crippen LogP contribution is -2.28. The predicted octanol–water partition coefficient (Wildman–Crippen LogP) is 3.37. The Morgan fingerprint density at radius 1 is 1.56 bits per heavy atom. The molecule has 0 saturated carbocycles. The normalized spacial score (nSPS) is 10.1. The van der Waals surface area contributed by atoms with Crippen LogP contribution in [0.3, 0.4) is 0 Å². The largest absolute Gasteiger partial charge is 0.333 e. The van der Waals surface area contributed by atoms with Gasteiger partial charge >= 0.3 is 6.03 Å². The van der Waals surface area contributed by atoms with Gasteiger partial charge in [-0.15, -0.1) is 11.3 Å². The van der Waals surface area contributed by atoms with E-state index in [4.69, 9.17) is 0 Å². The van der Waals surface area contributed by atoms with Crippen molar-refractivity contribution in [2.75, 3.05) is 5.32 Å². The van der Waals surface area contributed by atoms with Crippen molar-refractivity contribution >= 4 is 39.1 Å². The average molecular weight is 330 g/mol. The summed E-state index contributed by atoms with van der Waals surface area (Å²) in [4.78, 5) is 16.2. The molecule has 2 amide bonds. The van der Waals surface area contributed by atoms with Crippen molar-refractivity contribution in [2.24, 2.45) is 0 Å². The number of anilines is 1. The van der Waals surface area contributed by atoms with Gasteiger partial charge in [-0.1, -0.05) is 0 Å². The van der Waals surface area contributed by atoms with Crippen molar-refractivity contribution in [3.8, 4) is 0 Å². The summed E-state index contributed by atoms with van der Waals surface area (Å²) in [5.41, 5.74) is 0. The molecule has 0 unspecified atom stereocenters. The highest BCUT2D eigenvalue weighted by molar-refractivity contribution is 9.10. The molecule has 2 rings (SSSR count). The Bertz CT molecular complexity index is 561. The molecule has 0 aliphatic heterocycles. The molecule has 0 bridgehead atoms. The number of nitrogens with one attached hydrogen (secondary N) is 2. The van der Waals surface area contributed by atoms with Gasteiger partial charge in [0.15, 0.2) is 11.6 Å². The Morgan fingerprint density at radius 2 is 2.39 bits per heavy atom. The number of pyridine rings is 1. The number of aromatic nitrogens is 1. The molecule has 4 nitrogen and oxygen atoms in total. The molecule has 94 valence electrons. The lowest BCUT2D eigenvalue weighted by Gasteiger charge is -2.06. The van der Waals surface area contributed by atoms with Gasteiger partial charge < -0.3 is 5.32 Å². The van der Waals surface area contributed by atoms with E-state index in [-0.39, 0.29) is 5.82 Å². The summed E-state index contributed by atoms with van der Waals surface area (Å²) in [6.07, 6.45) is 1.41. The van der Waals surface area contributed by atoms with Crippen LogP contribution in [0.2, 0.25) is 0 Å². The molecule has 0 aliphatic rings. The van der Waals surface area contributed by atoms with Gasteiger partial charge in [-0.2, -0.15) is 0 Å². The first-order valence-corrected chi connectivity index (χ1v) is 6.70. The van der Waals surface area contributed by atoms with Crippen LogP contribution in [0.15, 0.2) is 34.2 Å². The summed E-state index contributed by atoms with van der Waals surface area (Å²) in [5.74, 6) is -0.645. The molecule has 0 atom stereocenters. The van der Waals surface area contributed by atoms with E-state index < -0.39 is 11.8 Å². The van der Waals surface area contributed by atoms with Crippen LogP contribution in [0.4, 0.5) is 15.0 Å². The van der Waals surface area contributed by atoms with Crippen molar-refractivity contribution < 1.29 is 9.18 Å². The van der Waals surface area contributed by atoms with Gasteiger partial charge in [0, 0.05) is 20.9 Å². The third-order valence-electron chi connectivity index (χ3n) is 2.04. The zero-order chi connectivity index (χ0) is 13.0. The number of carbonyl (C=O) groups excluding carboxylic acids is 1. The van der Waals surface area contributed by atoms with Crippen molar-refractivity contribution in [1.82, 2.24) is 10.3 Å². The lowest BCUT2D eigenvalue weighted by atomic mass is 10.4. The van der Waals surface area contributed by atoms with Crippen LogP contribution in [0, 0.1) is 5.82 Å². The van der Waals surface area contributed by atoms with Gasteiger partial charge in [0.1, 0.15) is 0 Å². The number of hydrogen-bond donors (Lipinski definition) is 2. The van der Waals surface area contributed by atoms with Gasteiger partial charge in [0.25, 0.3) is 0 Å². The fraction of sp³-hybridized carbons (Fsp3) is 0.0909. The first kappa shape index (κ1) is 13.0. The third kappa shape index (κ3) is 3.51. The van der Waals surface area contributed by atoms with Crippen molar-refractivity contribution in [1.29, 1.82) is 0 Å². The van der Waals surface area contributed by atoms with Crippen LogP contribution in [0.5, 0.6) is 0 Å². The molecule has 0 aromatic carbocycles. The summed E-state index contributed by atoms with van der Waals surface area (Å²) < 4.78 is 14.2. The number of urea groups is 1. The molecule has 2 aromatic heterocycles. The van der Waals surface area contributed by atoms with Crippen LogP contribution >= 0.6 is 27.3 Å². The first-order chi connectivity index (χ1) is 8.65. The Kier molecular flexibility index (Phi) is 4.27. The maximum absolute atomic E-state index is 13.2. The van der Waals surface area contributed by atoms with Gasteiger partial charge in [-0.05, 0) is 34.1 Å². The number of amides is 2. The summed E-state index contributed by atoms with van der Waals surface area (Å²) in [7, 11) is 0. The molecular formula is C11H9BrFN3OS. The first-order valence-electron chi connectivity index (χ1n) is 5.03. The highest BCUT2D eigenvalue weighted by Crippen LogP contribution is 2.19. The molecule has 0 aliphatic carbocycles. The Balaban J connectivity index is 1.88. The summed E-state index contributed by atoms with van der Waals surface area (Å²) in [6, 6.07) is 4.12. The van der Waals surface area contributed by atoms with E-state index in [1.165, 1.54) is 29.7 Å². The molecule has 2 aromatic rings. The fourth-order valence-corrected chi connectivity index (χ4v) is 2.63. The van der Waals surface area contributed by atoms with E-state index in [0.29, 0.717) is 6.54 Å². The third-order valence-corrected chi connectivity index (χ3v) is 3.73. The highest BCUT2D eigenvalue weighted by atomic mass is 79.9. The lowest BCUT2D eigenvalue weighted by molar-refractivity contribution is 0.251. The second kappa shape index (κ2) is 5.92. The number of hydrogen-bond acceptors (Lipinski definition) is 3. The van der Waals surface area contributed by atoms with Crippen LogP contribution in [0.1, 0.15) is 4.88 Å². The average Bonchev–Trinajstić information content (AvgIpc) is 2.76. The second-order valence-corrected chi connectivity index (χ2v) is 5.28. The van der Waals surface area contributed by atoms with Gasteiger partial charge in [0.2, 0.25) is 0 Å². The molecular weight excluding hydrogens is 321 g/mol. The summed E-state index contributed by atoms with van der Waals surface area (Å²) in [5, 5.41) is 6.89. The zero-order valence-corrected chi connectivity index (χ0v) is 11.5. The maximum Gasteiger partial charge on any atom is 0.320 e. The molecule has 0 spiro atoms. The Morgan fingerprint density at radius 3 is 3.06 bits per heavy atom. The van der Waals surface area contributed by atoms with E-state index in [1.807, 2.05) is 11.4 Å². The maximum atomic E-state index is 13.2.